The number of halogens is 7. The highest BCUT2D eigenvalue weighted by molar-refractivity contribution is 4.78. The molecule has 0 amide bonds. The molecule has 1 radical (unpaired) electrons. The van der Waals surface area contributed by atoms with E-state index in [-0.39, 0.29) is 7.11 Å². The molecule has 0 saturated heterocycles. The molecule has 0 aliphatic carbocycles. The number of rotatable bonds is 4. The largest absolute Gasteiger partial charge is 0.483 e. The molecule has 15 heavy (non-hydrogen) atoms. The van der Waals surface area contributed by atoms with E-state index in [0.717, 1.165) is 0 Å². The SMILES string of the molecule is COC(O)(OC(F)(F)C(F)(F)F)[C](F)F. The molecule has 0 bridgehead atoms. The van der Waals surface area contributed by atoms with Crippen molar-refractivity contribution in [1.82, 2.24) is 0 Å². The fourth-order valence-electron chi connectivity index (χ4n) is 0.389. The van der Waals surface area contributed by atoms with Crippen molar-refractivity contribution in [1.29, 1.82) is 0 Å². The number of alkyl halides is 5. The van der Waals surface area contributed by atoms with Gasteiger partial charge in [0, 0.05) is 7.11 Å². The van der Waals surface area contributed by atoms with E-state index in [9.17, 15) is 30.7 Å². The summed E-state index contributed by atoms with van der Waals surface area (Å²) in [7, 11) is 0.256. The topological polar surface area (TPSA) is 38.7 Å². The Balaban J connectivity index is 4.84. The van der Waals surface area contributed by atoms with Gasteiger partial charge < -0.3 is 9.84 Å². The van der Waals surface area contributed by atoms with Gasteiger partial charge in [0.1, 0.15) is 0 Å². The molecule has 0 heterocycles. The third kappa shape index (κ3) is 3.18. The molecule has 0 aromatic rings. The van der Waals surface area contributed by atoms with E-state index >= 15 is 0 Å². The van der Waals surface area contributed by atoms with Gasteiger partial charge in [-0.2, -0.15) is 30.7 Å². The average molecular weight is 245 g/mol. The smallest absolute Gasteiger partial charge is 0.338 e. The van der Waals surface area contributed by atoms with E-state index in [1.165, 1.54) is 0 Å². The summed E-state index contributed by atoms with van der Waals surface area (Å²) < 4.78 is 87.7. The summed E-state index contributed by atoms with van der Waals surface area (Å²) in [6.07, 6.45) is -15.5. The Labute approximate surface area is 78.4 Å². The maximum Gasteiger partial charge on any atom is 0.483 e. The molecule has 91 valence electrons. The molecule has 0 aromatic heterocycles. The predicted octanol–water partition coefficient (Wildman–Crippen LogP) is 1.88. The van der Waals surface area contributed by atoms with Gasteiger partial charge in [-0.05, 0) is 0 Å². The molecule has 3 nitrogen and oxygen atoms in total. The fraction of sp³-hybridized carbons (Fsp3) is 0.800. The van der Waals surface area contributed by atoms with Crippen LogP contribution < -0.4 is 0 Å². The highest BCUT2D eigenvalue weighted by Crippen LogP contribution is 2.41. The molecule has 0 aliphatic heterocycles. The Hall–Kier alpha value is -0.610. The van der Waals surface area contributed by atoms with Gasteiger partial charge in [-0.3, -0.25) is 4.74 Å². The number of hydrogen-bond acceptors (Lipinski definition) is 3. The summed E-state index contributed by atoms with van der Waals surface area (Å²) in [6.45, 7) is 0. The zero-order valence-corrected chi connectivity index (χ0v) is 6.91. The quantitative estimate of drug-likeness (QED) is 0.607. The van der Waals surface area contributed by atoms with Crippen LogP contribution in [0.25, 0.3) is 0 Å². The standard InChI is InChI=1S/C5H4F7O3/c1-14-3(13,2(6)7)15-5(11,12)4(8,9)10/h13H,1H3. The van der Waals surface area contributed by atoms with Crippen molar-refractivity contribution in [3.63, 3.8) is 0 Å². The van der Waals surface area contributed by atoms with Crippen LogP contribution in [0.5, 0.6) is 0 Å². The van der Waals surface area contributed by atoms with Crippen molar-refractivity contribution >= 4 is 0 Å². The molecule has 10 heteroatoms. The number of hydrogen-bond donors (Lipinski definition) is 1. The van der Waals surface area contributed by atoms with E-state index in [0.29, 0.717) is 0 Å². The first kappa shape index (κ1) is 14.4. The Morgan fingerprint density at radius 1 is 1.07 bits per heavy atom. The second-order valence-electron chi connectivity index (χ2n) is 2.16. The molecule has 0 rings (SSSR count). The summed E-state index contributed by atoms with van der Waals surface area (Å²) in [5.41, 5.74) is 0. The normalized spacial score (nSPS) is 18.0. The van der Waals surface area contributed by atoms with Crippen molar-refractivity contribution in [3.8, 4) is 0 Å². The van der Waals surface area contributed by atoms with Crippen molar-refractivity contribution < 1.29 is 45.3 Å². The Morgan fingerprint density at radius 3 is 1.67 bits per heavy atom. The lowest BCUT2D eigenvalue weighted by molar-refractivity contribution is -0.495. The maximum atomic E-state index is 12.0. The first-order chi connectivity index (χ1) is 6.46. The molecule has 1 unspecified atom stereocenters. The van der Waals surface area contributed by atoms with Gasteiger partial charge in [0.15, 0.2) is 0 Å². The molecule has 0 fully saturated rings. The van der Waals surface area contributed by atoms with E-state index < -0.39 is 24.7 Å². The average Bonchev–Trinajstić information content (AvgIpc) is 2.00. The van der Waals surface area contributed by atoms with E-state index in [1.807, 2.05) is 0 Å². The van der Waals surface area contributed by atoms with Crippen LogP contribution in [0.15, 0.2) is 0 Å². The minimum absolute atomic E-state index is 0.256. The van der Waals surface area contributed by atoms with Crippen LogP contribution in [-0.2, 0) is 9.47 Å². The van der Waals surface area contributed by atoms with Gasteiger partial charge in [0.2, 0.25) is 0 Å². The fourth-order valence-corrected chi connectivity index (χ4v) is 0.389. The molecule has 0 aliphatic rings. The highest BCUT2D eigenvalue weighted by atomic mass is 19.4. The maximum absolute atomic E-state index is 12.0. The minimum Gasteiger partial charge on any atom is -0.338 e. The van der Waals surface area contributed by atoms with Gasteiger partial charge in [0.25, 0.3) is 0 Å². The molecule has 1 N–H and O–H groups in total. The van der Waals surface area contributed by atoms with Crippen LogP contribution in [0.4, 0.5) is 30.7 Å². The van der Waals surface area contributed by atoms with Crippen molar-refractivity contribution in [2.75, 3.05) is 7.11 Å². The lowest BCUT2D eigenvalue weighted by Gasteiger charge is -2.29. The van der Waals surface area contributed by atoms with Gasteiger partial charge in [0.05, 0.1) is 0 Å². The molecule has 0 aromatic carbocycles. The molecular formula is C5H4F7O3. The Morgan fingerprint density at radius 2 is 1.47 bits per heavy atom. The van der Waals surface area contributed by atoms with E-state index in [4.69, 9.17) is 5.11 Å². The van der Waals surface area contributed by atoms with Crippen molar-refractivity contribution in [3.05, 3.63) is 6.43 Å². The first-order valence-electron chi connectivity index (χ1n) is 3.07. The van der Waals surface area contributed by atoms with Crippen LogP contribution >= 0.6 is 0 Å². The molecule has 1 atom stereocenters. The van der Waals surface area contributed by atoms with E-state index in [1.54, 1.807) is 0 Å². The van der Waals surface area contributed by atoms with Crippen LogP contribution in [0.3, 0.4) is 0 Å². The zero-order chi connectivity index (χ0) is 12.5. The summed E-state index contributed by atoms with van der Waals surface area (Å²) in [5, 5.41) is 8.38. The second kappa shape index (κ2) is 4.10. The summed E-state index contributed by atoms with van der Waals surface area (Å²) in [4.78, 5) is 0. The molecular weight excluding hydrogens is 241 g/mol. The third-order valence-electron chi connectivity index (χ3n) is 1.11. The monoisotopic (exact) mass is 245 g/mol. The molecule has 0 spiro atoms. The zero-order valence-electron chi connectivity index (χ0n) is 6.91. The third-order valence-corrected chi connectivity index (χ3v) is 1.11. The van der Waals surface area contributed by atoms with Crippen LogP contribution in [0.2, 0.25) is 0 Å². The Bertz CT molecular complexity index is 212. The van der Waals surface area contributed by atoms with Crippen molar-refractivity contribution in [2.24, 2.45) is 0 Å². The second-order valence-corrected chi connectivity index (χ2v) is 2.16. The van der Waals surface area contributed by atoms with Gasteiger partial charge >= 0.3 is 24.7 Å². The first-order valence-corrected chi connectivity index (χ1v) is 3.07. The van der Waals surface area contributed by atoms with Crippen molar-refractivity contribution in [2.45, 2.75) is 18.3 Å². The highest BCUT2D eigenvalue weighted by Gasteiger charge is 2.65. The lowest BCUT2D eigenvalue weighted by atomic mass is 10.5. The van der Waals surface area contributed by atoms with Gasteiger partial charge in [-0.1, -0.05) is 0 Å². The Kier molecular flexibility index (Phi) is 3.93. The summed E-state index contributed by atoms with van der Waals surface area (Å²) >= 11 is 0. The lowest BCUT2D eigenvalue weighted by Crippen LogP contribution is -2.50. The summed E-state index contributed by atoms with van der Waals surface area (Å²) in [6, 6.07) is 0. The van der Waals surface area contributed by atoms with Crippen LogP contribution in [0.1, 0.15) is 0 Å². The number of methoxy groups -OCH3 is 1. The van der Waals surface area contributed by atoms with E-state index in [2.05, 4.69) is 9.47 Å². The predicted molar refractivity (Wildman–Crippen MR) is 29.5 cm³/mol. The van der Waals surface area contributed by atoms with Gasteiger partial charge in [-0.25, -0.2) is 0 Å². The number of aliphatic hydroxyl groups is 1. The minimum atomic E-state index is -6.26. The number of ether oxygens (including phenoxy) is 2. The van der Waals surface area contributed by atoms with Crippen LogP contribution in [0, 0.1) is 6.43 Å². The molecule has 0 saturated carbocycles. The summed E-state index contributed by atoms with van der Waals surface area (Å²) in [5.74, 6) is -4.40. The van der Waals surface area contributed by atoms with Crippen LogP contribution in [-0.4, -0.2) is 30.5 Å². The van der Waals surface area contributed by atoms with Gasteiger partial charge in [-0.15, -0.1) is 0 Å².